The molecule has 4 nitrogen and oxygen atoms in total. The van der Waals surface area contributed by atoms with Gasteiger partial charge in [-0.2, -0.15) is 0 Å². The Balaban J connectivity index is 2.03. The van der Waals surface area contributed by atoms with Crippen molar-refractivity contribution in [3.05, 3.63) is 59.7 Å². The molecule has 0 aromatic heterocycles. The molecule has 3 N–H and O–H groups in total. The molecule has 0 aliphatic rings. The Labute approximate surface area is 122 Å². The highest BCUT2D eigenvalue weighted by Crippen LogP contribution is 2.23. The molecule has 0 aliphatic carbocycles. The van der Waals surface area contributed by atoms with Crippen LogP contribution in [0.5, 0.6) is 5.75 Å². The molecule has 2 rings (SSSR count). The van der Waals surface area contributed by atoms with Crippen molar-refractivity contribution in [1.82, 2.24) is 5.32 Å². The molecule has 0 fully saturated rings. The second kappa shape index (κ2) is 6.16. The third-order valence-electron chi connectivity index (χ3n) is 2.82. The van der Waals surface area contributed by atoms with E-state index >= 15 is 0 Å². The van der Waals surface area contributed by atoms with Gasteiger partial charge in [-0.3, -0.25) is 10.1 Å². The summed E-state index contributed by atoms with van der Waals surface area (Å²) in [5, 5.41) is 15.3. The summed E-state index contributed by atoms with van der Waals surface area (Å²) in [6.07, 6.45) is 0. The quantitative estimate of drug-likeness (QED) is 0.743. The third kappa shape index (κ3) is 3.33. The first kappa shape index (κ1) is 14.0. The number of carbonyl (C=O) groups excluding carboxylic acids is 1. The second-order valence-corrected chi connectivity index (χ2v) is 4.63. The summed E-state index contributed by atoms with van der Waals surface area (Å²) in [6.45, 7) is 1.76. The van der Waals surface area contributed by atoms with Gasteiger partial charge in [0, 0.05) is 16.8 Å². The van der Waals surface area contributed by atoms with Crippen molar-refractivity contribution in [3.8, 4) is 5.75 Å². The molecule has 0 saturated heterocycles. The summed E-state index contributed by atoms with van der Waals surface area (Å²) in [5.74, 6) is -0.104. The fourth-order valence-corrected chi connectivity index (χ4v) is 1.88. The predicted molar refractivity (Wildman–Crippen MR) is 83.0 cm³/mol. The van der Waals surface area contributed by atoms with Gasteiger partial charge in [0.05, 0.1) is 0 Å². The Morgan fingerprint density at radius 1 is 1.10 bits per heavy atom. The highest BCUT2D eigenvalue weighted by molar-refractivity contribution is 7.80. The Kier molecular flexibility index (Phi) is 4.32. The zero-order valence-corrected chi connectivity index (χ0v) is 11.7. The van der Waals surface area contributed by atoms with E-state index in [1.807, 2.05) is 6.07 Å². The lowest BCUT2D eigenvalue weighted by Gasteiger charge is -2.12. The molecule has 2 aromatic carbocycles. The van der Waals surface area contributed by atoms with Crippen molar-refractivity contribution >= 4 is 28.9 Å². The predicted octanol–water partition coefficient (Wildman–Crippen LogP) is 2.83. The number of hydrogen-bond acceptors (Lipinski definition) is 3. The molecule has 0 atom stereocenters. The monoisotopic (exact) mass is 286 g/mol. The van der Waals surface area contributed by atoms with E-state index in [-0.39, 0.29) is 16.8 Å². The topological polar surface area (TPSA) is 61.4 Å². The van der Waals surface area contributed by atoms with Gasteiger partial charge in [0.25, 0.3) is 5.91 Å². The van der Waals surface area contributed by atoms with Gasteiger partial charge < -0.3 is 10.4 Å². The van der Waals surface area contributed by atoms with Gasteiger partial charge in [0.15, 0.2) is 5.11 Å². The Morgan fingerprint density at radius 3 is 2.50 bits per heavy atom. The van der Waals surface area contributed by atoms with Crippen molar-refractivity contribution in [2.45, 2.75) is 6.92 Å². The van der Waals surface area contributed by atoms with Crippen LogP contribution in [0.4, 0.5) is 5.69 Å². The summed E-state index contributed by atoms with van der Waals surface area (Å²) in [4.78, 5) is 11.9. The third-order valence-corrected chi connectivity index (χ3v) is 3.02. The number of amides is 1. The minimum absolute atomic E-state index is 0.173. The van der Waals surface area contributed by atoms with E-state index in [1.54, 1.807) is 49.4 Å². The molecule has 5 heteroatoms. The van der Waals surface area contributed by atoms with Gasteiger partial charge in [-0.15, -0.1) is 0 Å². The van der Waals surface area contributed by atoms with Crippen LogP contribution in [-0.4, -0.2) is 16.1 Å². The van der Waals surface area contributed by atoms with E-state index in [4.69, 9.17) is 12.2 Å². The summed E-state index contributed by atoms with van der Waals surface area (Å²) < 4.78 is 0. The molecule has 0 aliphatic heterocycles. The van der Waals surface area contributed by atoms with E-state index in [0.29, 0.717) is 16.8 Å². The molecule has 1 amide bonds. The fourth-order valence-electron chi connectivity index (χ4n) is 1.68. The second-order valence-electron chi connectivity index (χ2n) is 4.22. The Morgan fingerprint density at radius 2 is 1.80 bits per heavy atom. The number of benzene rings is 2. The number of hydrogen-bond donors (Lipinski definition) is 3. The lowest BCUT2D eigenvalue weighted by atomic mass is 10.2. The van der Waals surface area contributed by atoms with Gasteiger partial charge in [-0.05, 0) is 43.4 Å². The average Bonchev–Trinajstić information content (AvgIpc) is 2.45. The van der Waals surface area contributed by atoms with E-state index in [1.165, 1.54) is 0 Å². The first-order chi connectivity index (χ1) is 9.58. The van der Waals surface area contributed by atoms with E-state index < -0.39 is 0 Å². The van der Waals surface area contributed by atoms with Crippen LogP contribution in [0, 0.1) is 6.92 Å². The average molecular weight is 286 g/mol. The van der Waals surface area contributed by atoms with Gasteiger partial charge in [0.1, 0.15) is 5.75 Å². The molecule has 20 heavy (non-hydrogen) atoms. The minimum atomic E-state index is -0.277. The first-order valence-corrected chi connectivity index (χ1v) is 6.44. The standard InChI is InChI=1S/C15H14N2O2S/c1-10-12(8-5-9-13(10)18)16-15(20)17-14(19)11-6-3-2-4-7-11/h2-9,18H,1H3,(H2,16,17,19,20). The number of rotatable bonds is 2. The van der Waals surface area contributed by atoms with Crippen molar-refractivity contribution < 1.29 is 9.90 Å². The van der Waals surface area contributed by atoms with Crippen LogP contribution >= 0.6 is 12.2 Å². The molecule has 0 heterocycles. The van der Waals surface area contributed by atoms with Crippen LogP contribution in [0.15, 0.2) is 48.5 Å². The molecule has 0 unspecified atom stereocenters. The normalized spacial score (nSPS) is 9.85. The zero-order chi connectivity index (χ0) is 14.5. The summed E-state index contributed by atoms with van der Waals surface area (Å²) in [5.41, 5.74) is 1.86. The van der Waals surface area contributed by atoms with Gasteiger partial charge in [0.2, 0.25) is 0 Å². The molecule has 0 bridgehead atoms. The number of phenolic OH excluding ortho intramolecular Hbond substituents is 1. The lowest BCUT2D eigenvalue weighted by molar-refractivity contribution is 0.0977. The Hall–Kier alpha value is -2.40. The van der Waals surface area contributed by atoms with Crippen LogP contribution in [0.2, 0.25) is 0 Å². The number of thiocarbonyl (C=S) groups is 1. The maximum Gasteiger partial charge on any atom is 0.257 e. The molecule has 0 spiro atoms. The Bertz CT molecular complexity index is 642. The molecule has 0 saturated carbocycles. The zero-order valence-electron chi connectivity index (χ0n) is 10.9. The fraction of sp³-hybridized carbons (Fsp3) is 0.0667. The SMILES string of the molecule is Cc1c(O)cccc1NC(=S)NC(=O)c1ccccc1. The van der Waals surface area contributed by atoms with Crippen LogP contribution in [0.25, 0.3) is 0 Å². The van der Waals surface area contributed by atoms with E-state index in [0.717, 1.165) is 0 Å². The summed E-state index contributed by atoms with van der Waals surface area (Å²) in [6, 6.07) is 13.9. The van der Waals surface area contributed by atoms with Gasteiger partial charge in [-0.25, -0.2) is 0 Å². The molecule has 0 radical (unpaired) electrons. The number of carbonyl (C=O) groups is 1. The van der Waals surface area contributed by atoms with Crippen molar-refractivity contribution in [2.24, 2.45) is 0 Å². The number of aromatic hydroxyl groups is 1. The van der Waals surface area contributed by atoms with Crippen LogP contribution in [0.3, 0.4) is 0 Å². The van der Waals surface area contributed by atoms with Crippen LogP contribution in [-0.2, 0) is 0 Å². The van der Waals surface area contributed by atoms with Crippen molar-refractivity contribution in [3.63, 3.8) is 0 Å². The smallest absolute Gasteiger partial charge is 0.257 e. The first-order valence-electron chi connectivity index (χ1n) is 6.04. The summed E-state index contributed by atoms with van der Waals surface area (Å²) in [7, 11) is 0. The molecular formula is C15H14N2O2S. The molecular weight excluding hydrogens is 272 g/mol. The van der Waals surface area contributed by atoms with E-state index in [2.05, 4.69) is 10.6 Å². The number of nitrogens with one attached hydrogen (secondary N) is 2. The minimum Gasteiger partial charge on any atom is -0.508 e. The summed E-state index contributed by atoms with van der Waals surface area (Å²) >= 11 is 5.09. The molecule has 102 valence electrons. The largest absolute Gasteiger partial charge is 0.508 e. The van der Waals surface area contributed by atoms with Crippen molar-refractivity contribution in [2.75, 3.05) is 5.32 Å². The maximum absolute atomic E-state index is 11.9. The van der Waals surface area contributed by atoms with Crippen LogP contribution in [0.1, 0.15) is 15.9 Å². The number of phenols is 1. The van der Waals surface area contributed by atoms with Crippen LogP contribution < -0.4 is 10.6 Å². The highest BCUT2D eigenvalue weighted by Gasteiger charge is 2.09. The number of anilines is 1. The highest BCUT2D eigenvalue weighted by atomic mass is 32.1. The van der Waals surface area contributed by atoms with Gasteiger partial charge >= 0.3 is 0 Å². The van der Waals surface area contributed by atoms with E-state index in [9.17, 15) is 9.90 Å². The maximum atomic E-state index is 11.9. The van der Waals surface area contributed by atoms with Crippen molar-refractivity contribution in [1.29, 1.82) is 0 Å². The van der Waals surface area contributed by atoms with Gasteiger partial charge in [-0.1, -0.05) is 24.3 Å². The molecule has 2 aromatic rings. The lowest BCUT2D eigenvalue weighted by Crippen LogP contribution is -2.34.